The Hall–Kier alpha value is -1.80. The van der Waals surface area contributed by atoms with Gasteiger partial charge in [0, 0.05) is 0 Å². The van der Waals surface area contributed by atoms with Crippen LogP contribution in [0, 0.1) is 0 Å². The molecule has 2 aromatic carbocycles. The zero-order valence-electron chi connectivity index (χ0n) is 12.8. The SMILES string of the molecule is CN(C)c1ccc(N=Nc2ccc([As](C)(C)=O)cc2)cc1. The average Bonchev–Trinajstić information content (AvgIpc) is 2.45. The van der Waals surface area contributed by atoms with Gasteiger partial charge in [-0.15, -0.1) is 0 Å². The molecule has 5 heteroatoms. The molecule has 0 amide bonds. The van der Waals surface area contributed by atoms with Gasteiger partial charge in [-0.1, -0.05) is 0 Å². The average molecular weight is 345 g/mol. The topological polar surface area (TPSA) is 45.0 Å². The summed E-state index contributed by atoms with van der Waals surface area (Å²) in [5, 5.41) is 8.41. The first-order chi connectivity index (χ1) is 9.86. The van der Waals surface area contributed by atoms with Gasteiger partial charge in [0.05, 0.1) is 0 Å². The molecule has 21 heavy (non-hydrogen) atoms. The number of anilines is 1. The summed E-state index contributed by atoms with van der Waals surface area (Å²) < 4.78 is 12.9. The predicted octanol–water partition coefficient (Wildman–Crippen LogP) is 4.01. The summed E-state index contributed by atoms with van der Waals surface area (Å²) in [4.78, 5) is 2.04. The number of hydrogen-bond acceptors (Lipinski definition) is 4. The monoisotopic (exact) mass is 345 g/mol. The predicted molar refractivity (Wildman–Crippen MR) is 89.2 cm³/mol. The summed E-state index contributed by atoms with van der Waals surface area (Å²) in [6.07, 6.45) is 0. The second kappa shape index (κ2) is 6.31. The van der Waals surface area contributed by atoms with Crippen molar-refractivity contribution >= 4 is 34.9 Å². The fraction of sp³-hybridized carbons (Fsp3) is 0.250. The zero-order valence-corrected chi connectivity index (χ0v) is 14.7. The number of rotatable bonds is 4. The second-order valence-electron chi connectivity index (χ2n) is 5.48. The molecule has 2 rings (SSSR count). The van der Waals surface area contributed by atoms with Crippen molar-refractivity contribution in [1.29, 1.82) is 0 Å². The van der Waals surface area contributed by atoms with Crippen molar-refractivity contribution < 1.29 is 3.74 Å². The van der Waals surface area contributed by atoms with Gasteiger partial charge in [0.15, 0.2) is 0 Å². The first kappa shape index (κ1) is 15.6. The molecule has 0 heterocycles. The van der Waals surface area contributed by atoms with E-state index in [-0.39, 0.29) is 0 Å². The number of benzene rings is 2. The molecular formula is C16H20AsN3O. The number of azo groups is 1. The van der Waals surface area contributed by atoms with E-state index in [9.17, 15) is 3.74 Å². The Morgan fingerprint density at radius 3 is 1.62 bits per heavy atom. The van der Waals surface area contributed by atoms with Crippen LogP contribution in [-0.4, -0.2) is 27.6 Å². The molecule has 0 bridgehead atoms. The summed E-state index contributed by atoms with van der Waals surface area (Å²) in [6, 6.07) is 15.3. The van der Waals surface area contributed by atoms with Gasteiger partial charge in [0.25, 0.3) is 0 Å². The maximum absolute atomic E-state index is 12.0. The van der Waals surface area contributed by atoms with Gasteiger partial charge in [0.2, 0.25) is 0 Å². The van der Waals surface area contributed by atoms with Crippen molar-refractivity contribution in [2.24, 2.45) is 10.2 Å². The molecule has 2 aromatic rings. The Bertz CT molecular complexity index is 670. The van der Waals surface area contributed by atoms with E-state index in [4.69, 9.17) is 0 Å². The molecule has 0 N–H and O–H groups in total. The Morgan fingerprint density at radius 2 is 1.24 bits per heavy atom. The third-order valence-electron chi connectivity index (χ3n) is 3.12. The van der Waals surface area contributed by atoms with E-state index in [0.29, 0.717) is 0 Å². The van der Waals surface area contributed by atoms with Crippen molar-refractivity contribution in [3.63, 3.8) is 0 Å². The zero-order chi connectivity index (χ0) is 15.5. The Morgan fingerprint density at radius 1 is 0.810 bits per heavy atom. The summed E-state index contributed by atoms with van der Waals surface area (Å²) in [5.41, 5.74) is 6.34. The van der Waals surface area contributed by atoms with Crippen LogP contribution < -0.4 is 9.25 Å². The molecule has 0 radical (unpaired) electrons. The first-order valence-corrected chi connectivity index (χ1v) is 12.2. The van der Waals surface area contributed by atoms with Crippen LogP contribution in [0.15, 0.2) is 58.8 Å². The van der Waals surface area contributed by atoms with Crippen LogP contribution in [0.25, 0.3) is 0 Å². The molecule has 0 spiro atoms. The van der Waals surface area contributed by atoms with E-state index in [1.807, 2.05) is 78.9 Å². The van der Waals surface area contributed by atoms with Crippen LogP contribution >= 0.6 is 0 Å². The fourth-order valence-electron chi connectivity index (χ4n) is 1.81. The maximum atomic E-state index is 12.0. The minimum absolute atomic E-state index is 0.763. The molecule has 0 atom stereocenters. The van der Waals surface area contributed by atoms with Gasteiger partial charge in [-0.3, -0.25) is 0 Å². The van der Waals surface area contributed by atoms with Crippen LogP contribution in [0.5, 0.6) is 0 Å². The van der Waals surface area contributed by atoms with Gasteiger partial charge >= 0.3 is 128 Å². The van der Waals surface area contributed by atoms with Gasteiger partial charge in [-0.25, -0.2) is 0 Å². The molecule has 0 fully saturated rings. The van der Waals surface area contributed by atoms with E-state index in [2.05, 4.69) is 10.2 Å². The summed E-state index contributed by atoms with van der Waals surface area (Å²) >= 11 is -2.82. The molecule has 0 saturated heterocycles. The molecule has 0 unspecified atom stereocenters. The molecule has 0 saturated carbocycles. The van der Waals surface area contributed by atoms with E-state index < -0.39 is 13.5 Å². The molecule has 0 aromatic heterocycles. The molecule has 110 valence electrons. The van der Waals surface area contributed by atoms with Gasteiger partial charge in [0.1, 0.15) is 0 Å². The van der Waals surface area contributed by atoms with Crippen LogP contribution in [0.2, 0.25) is 11.4 Å². The normalized spacial score (nSPS) is 11.8. The van der Waals surface area contributed by atoms with Gasteiger partial charge < -0.3 is 0 Å². The summed E-state index contributed by atoms with van der Waals surface area (Å²) in [6.45, 7) is 0. The van der Waals surface area contributed by atoms with Crippen LogP contribution in [-0.2, 0) is 3.74 Å². The van der Waals surface area contributed by atoms with E-state index in [1.165, 1.54) is 0 Å². The third kappa shape index (κ3) is 4.33. The summed E-state index contributed by atoms with van der Waals surface area (Å²) in [5.74, 6) is 0. The quantitative estimate of drug-likeness (QED) is 0.621. The molecule has 0 aliphatic heterocycles. The van der Waals surface area contributed by atoms with Crippen molar-refractivity contribution in [3.8, 4) is 0 Å². The van der Waals surface area contributed by atoms with Crippen molar-refractivity contribution in [2.45, 2.75) is 11.4 Å². The van der Waals surface area contributed by atoms with Crippen molar-refractivity contribution in [2.75, 3.05) is 19.0 Å². The van der Waals surface area contributed by atoms with Crippen molar-refractivity contribution in [1.82, 2.24) is 0 Å². The van der Waals surface area contributed by atoms with Crippen LogP contribution in [0.3, 0.4) is 0 Å². The molecular weight excluding hydrogens is 325 g/mol. The van der Waals surface area contributed by atoms with Crippen molar-refractivity contribution in [3.05, 3.63) is 48.5 Å². The van der Waals surface area contributed by atoms with Crippen LogP contribution in [0.1, 0.15) is 0 Å². The van der Waals surface area contributed by atoms with E-state index in [0.717, 1.165) is 21.4 Å². The van der Waals surface area contributed by atoms with Crippen LogP contribution in [0.4, 0.5) is 17.1 Å². The molecule has 4 nitrogen and oxygen atoms in total. The van der Waals surface area contributed by atoms with Gasteiger partial charge in [-0.05, 0) is 0 Å². The molecule has 0 aliphatic carbocycles. The standard InChI is InChI=1S/C16H20AsN3O/c1-17(2,21)13-5-7-14(8-6-13)18-19-15-9-11-16(12-10-15)20(3)4/h5-12H,1-4H3. The minimum atomic E-state index is -2.82. The third-order valence-corrected chi connectivity index (χ3v) is 6.35. The summed E-state index contributed by atoms with van der Waals surface area (Å²) in [7, 11) is 4.00. The van der Waals surface area contributed by atoms with E-state index >= 15 is 0 Å². The molecule has 0 aliphatic rings. The Kier molecular flexibility index (Phi) is 4.69. The second-order valence-corrected chi connectivity index (χ2v) is 12.2. The number of hydrogen-bond donors (Lipinski definition) is 0. The van der Waals surface area contributed by atoms with Gasteiger partial charge in [-0.2, -0.15) is 0 Å². The number of nitrogens with zero attached hydrogens (tertiary/aromatic N) is 3. The first-order valence-electron chi connectivity index (χ1n) is 6.71. The fourth-order valence-corrected chi connectivity index (χ4v) is 3.63. The Balaban J connectivity index is 2.12. The van der Waals surface area contributed by atoms with E-state index in [1.54, 1.807) is 0 Å². The Labute approximate surface area is 128 Å².